The van der Waals surface area contributed by atoms with Crippen molar-refractivity contribution in [2.24, 2.45) is 0 Å². The first-order valence-corrected chi connectivity index (χ1v) is 12.6. The summed E-state index contributed by atoms with van der Waals surface area (Å²) in [5, 5.41) is 7.43. The van der Waals surface area contributed by atoms with Crippen LogP contribution < -0.4 is 5.32 Å². The molecular weight excluding hydrogens is 476 g/mol. The van der Waals surface area contributed by atoms with Crippen molar-refractivity contribution in [2.75, 3.05) is 25.9 Å². The standard InChI is InChI=1S/C18H33BrN4O2.CH4O3S/c1-8-23(9-2,10-3)13-15-11-16(19)21-22(15)12-14(4)20-17(24)25-18(5,6)7;1-5(2,3)4/h11,14H,8-10,12-13H2,1-7H3;1H3,(H,2,3,4)/t14-;/m1./s1. The third-order valence-corrected chi connectivity index (χ3v) is 4.94. The van der Waals surface area contributed by atoms with Gasteiger partial charge in [-0.15, -0.1) is 0 Å². The number of ether oxygens (including phenoxy) is 1. The number of hydrogen-bond donors (Lipinski definition) is 1. The van der Waals surface area contributed by atoms with Crippen LogP contribution in [0.2, 0.25) is 0 Å². The Morgan fingerprint density at radius 3 is 2.17 bits per heavy atom. The van der Waals surface area contributed by atoms with Crippen LogP contribution in [0, 0.1) is 0 Å². The van der Waals surface area contributed by atoms with Crippen LogP contribution in [-0.4, -0.2) is 70.9 Å². The number of rotatable bonds is 8. The molecule has 1 aromatic rings. The second-order valence-corrected chi connectivity index (χ2v) is 10.6. The number of hydrogen-bond acceptors (Lipinski definition) is 6. The molecule has 0 bridgehead atoms. The van der Waals surface area contributed by atoms with Gasteiger partial charge in [-0.3, -0.25) is 4.68 Å². The molecule has 0 saturated heterocycles. The lowest BCUT2D eigenvalue weighted by molar-refractivity contribution is -0.936. The van der Waals surface area contributed by atoms with Gasteiger partial charge in [-0.25, -0.2) is 13.2 Å². The van der Waals surface area contributed by atoms with E-state index in [1.165, 1.54) is 5.69 Å². The van der Waals surface area contributed by atoms with Gasteiger partial charge in [0.25, 0.3) is 0 Å². The van der Waals surface area contributed by atoms with E-state index in [0.29, 0.717) is 12.8 Å². The highest BCUT2D eigenvalue weighted by atomic mass is 79.9. The van der Waals surface area contributed by atoms with Gasteiger partial charge in [0.05, 0.1) is 42.0 Å². The molecule has 0 saturated carbocycles. The maximum Gasteiger partial charge on any atom is 0.407 e. The number of alkyl carbamates (subject to hydrolysis) is 1. The van der Waals surface area contributed by atoms with Crippen LogP contribution in [0.5, 0.6) is 0 Å². The van der Waals surface area contributed by atoms with E-state index < -0.39 is 21.8 Å². The quantitative estimate of drug-likeness (QED) is 0.422. The second-order valence-electron chi connectivity index (χ2n) is 8.34. The summed E-state index contributed by atoms with van der Waals surface area (Å²) in [6, 6.07) is 2.00. The van der Waals surface area contributed by atoms with Crippen molar-refractivity contribution in [3.63, 3.8) is 0 Å². The molecule has 0 aliphatic rings. The third kappa shape index (κ3) is 12.5. The number of nitrogens with one attached hydrogen (secondary N) is 1. The number of carbonyl (C=O) groups is 1. The van der Waals surface area contributed by atoms with E-state index in [1.807, 2.05) is 32.4 Å². The highest BCUT2D eigenvalue weighted by molar-refractivity contribution is 9.10. The lowest BCUT2D eigenvalue weighted by atomic mass is 10.2. The predicted molar refractivity (Wildman–Crippen MR) is 120 cm³/mol. The number of aromatic nitrogens is 2. The van der Waals surface area contributed by atoms with Crippen LogP contribution in [0.25, 0.3) is 0 Å². The molecule has 0 unspecified atom stereocenters. The highest BCUT2D eigenvalue weighted by Gasteiger charge is 2.25. The molecule has 1 N–H and O–H groups in total. The number of carbonyl (C=O) groups excluding carboxylic acids is 1. The van der Waals surface area contributed by atoms with Gasteiger partial charge in [-0.05, 0) is 70.5 Å². The molecule has 1 amide bonds. The molecular formula is C19H37BrN4O5S. The topological polar surface area (TPSA) is 113 Å². The Morgan fingerprint density at radius 2 is 1.77 bits per heavy atom. The molecule has 0 aliphatic heterocycles. The zero-order valence-electron chi connectivity index (χ0n) is 19.4. The van der Waals surface area contributed by atoms with Crippen LogP contribution in [0.3, 0.4) is 0 Å². The van der Waals surface area contributed by atoms with Crippen molar-refractivity contribution in [1.82, 2.24) is 15.1 Å². The van der Waals surface area contributed by atoms with Crippen LogP contribution in [0.15, 0.2) is 10.7 Å². The maximum atomic E-state index is 11.9. The minimum atomic E-state index is -3.92. The van der Waals surface area contributed by atoms with Crippen molar-refractivity contribution in [3.05, 3.63) is 16.4 Å². The minimum Gasteiger partial charge on any atom is -0.748 e. The molecule has 30 heavy (non-hydrogen) atoms. The van der Waals surface area contributed by atoms with Crippen LogP contribution in [0.4, 0.5) is 4.79 Å². The van der Waals surface area contributed by atoms with E-state index in [9.17, 15) is 4.79 Å². The average molecular weight is 513 g/mol. The van der Waals surface area contributed by atoms with E-state index in [1.54, 1.807) is 0 Å². The normalized spacial score (nSPS) is 13.3. The van der Waals surface area contributed by atoms with Crippen molar-refractivity contribution in [1.29, 1.82) is 0 Å². The van der Waals surface area contributed by atoms with E-state index >= 15 is 0 Å². The van der Waals surface area contributed by atoms with Crippen molar-refractivity contribution >= 4 is 32.1 Å². The first-order chi connectivity index (χ1) is 13.5. The average Bonchev–Trinajstić information content (AvgIpc) is 2.88. The molecule has 0 spiro atoms. The number of nitrogens with zero attached hydrogens (tertiary/aromatic N) is 3. The Labute approximate surface area is 189 Å². The largest absolute Gasteiger partial charge is 0.748 e. The van der Waals surface area contributed by atoms with Gasteiger partial charge < -0.3 is 19.1 Å². The first kappa shape index (κ1) is 28.8. The number of amides is 1. The molecule has 1 rings (SSSR count). The van der Waals surface area contributed by atoms with Crippen LogP contribution in [-0.2, 0) is 27.9 Å². The molecule has 0 aliphatic carbocycles. The molecule has 0 aromatic carbocycles. The predicted octanol–water partition coefficient (Wildman–Crippen LogP) is 3.10. The second kappa shape index (κ2) is 12.0. The highest BCUT2D eigenvalue weighted by Crippen LogP contribution is 2.18. The molecule has 0 fully saturated rings. The zero-order valence-corrected chi connectivity index (χ0v) is 21.8. The zero-order chi connectivity index (χ0) is 23.8. The Balaban J connectivity index is 0.00000150. The summed E-state index contributed by atoms with van der Waals surface area (Å²) in [5.74, 6) is 0. The van der Waals surface area contributed by atoms with Gasteiger partial charge in [0.1, 0.15) is 16.7 Å². The first-order valence-electron chi connectivity index (χ1n) is 10.0. The van der Waals surface area contributed by atoms with Crippen molar-refractivity contribution in [2.45, 2.75) is 73.2 Å². The minimum absolute atomic E-state index is 0.0767. The summed E-state index contributed by atoms with van der Waals surface area (Å²) in [6.45, 7) is 19.0. The summed E-state index contributed by atoms with van der Waals surface area (Å²) >= 11 is 3.49. The Hall–Kier alpha value is -1.17. The number of quaternary nitrogens is 1. The van der Waals surface area contributed by atoms with Crippen molar-refractivity contribution in [3.8, 4) is 0 Å². The Bertz CT molecular complexity index is 754. The molecule has 9 nitrogen and oxygen atoms in total. The fraction of sp³-hybridized carbons (Fsp3) is 0.789. The summed E-state index contributed by atoms with van der Waals surface area (Å²) < 4.78 is 36.4. The maximum absolute atomic E-state index is 11.9. The summed E-state index contributed by atoms with van der Waals surface area (Å²) in [5.41, 5.74) is 0.680. The summed E-state index contributed by atoms with van der Waals surface area (Å²) in [7, 11) is -3.92. The van der Waals surface area contributed by atoms with Crippen LogP contribution in [0.1, 0.15) is 54.2 Å². The van der Waals surface area contributed by atoms with Gasteiger partial charge in [0.2, 0.25) is 0 Å². The van der Waals surface area contributed by atoms with E-state index in [0.717, 1.165) is 35.3 Å². The van der Waals surface area contributed by atoms with Gasteiger partial charge in [0.15, 0.2) is 0 Å². The van der Waals surface area contributed by atoms with E-state index in [4.69, 9.17) is 17.7 Å². The monoisotopic (exact) mass is 512 g/mol. The molecule has 176 valence electrons. The van der Waals surface area contributed by atoms with Gasteiger partial charge >= 0.3 is 6.09 Å². The lowest BCUT2D eigenvalue weighted by Gasteiger charge is -2.35. The van der Waals surface area contributed by atoms with E-state index in [2.05, 4.69) is 53.2 Å². The van der Waals surface area contributed by atoms with Crippen molar-refractivity contribution < 1.29 is 27.0 Å². The van der Waals surface area contributed by atoms with E-state index in [-0.39, 0.29) is 6.04 Å². The number of halogens is 1. The molecule has 1 heterocycles. The summed E-state index contributed by atoms with van der Waals surface area (Å²) in [4.78, 5) is 11.9. The van der Waals surface area contributed by atoms with Gasteiger partial charge in [-0.1, -0.05) is 0 Å². The fourth-order valence-electron chi connectivity index (χ4n) is 2.87. The third-order valence-electron chi connectivity index (χ3n) is 4.55. The summed E-state index contributed by atoms with van der Waals surface area (Å²) in [6.07, 6.45) is 0.209. The molecule has 1 aromatic heterocycles. The smallest absolute Gasteiger partial charge is 0.407 e. The fourth-order valence-corrected chi connectivity index (χ4v) is 3.33. The molecule has 11 heteroatoms. The van der Waals surface area contributed by atoms with Gasteiger partial charge in [0, 0.05) is 12.3 Å². The molecule has 0 radical (unpaired) electrons. The Kier molecular flexibility index (Phi) is 11.5. The van der Waals surface area contributed by atoms with Gasteiger partial charge in [-0.2, -0.15) is 5.10 Å². The van der Waals surface area contributed by atoms with Crippen LogP contribution >= 0.6 is 15.9 Å². The molecule has 1 atom stereocenters. The lowest BCUT2D eigenvalue weighted by Crippen LogP contribution is -2.47. The SMILES string of the molecule is CC[N+](CC)(CC)Cc1cc(Br)nn1C[C@@H](C)NC(=O)OC(C)(C)C.CS(=O)(=O)[O-]. The Morgan fingerprint density at radius 1 is 1.30 bits per heavy atom.